The van der Waals surface area contributed by atoms with Gasteiger partial charge in [-0.3, -0.25) is 4.98 Å². The Morgan fingerprint density at radius 1 is 1.21 bits per heavy atom. The lowest BCUT2D eigenvalue weighted by Gasteiger charge is -1.92. The van der Waals surface area contributed by atoms with E-state index in [0.29, 0.717) is 0 Å². The van der Waals surface area contributed by atoms with E-state index in [1.54, 1.807) is 11.3 Å². The highest BCUT2D eigenvalue weighted by Gasteiger charge is 1.95. The van der Waals surface area contributed by atoms with Gasteiger partial charge < -0.3 is 0 Å². The molecule has 0 aliphatic heterocycles. The summed E-state index contributed by atoms with van der Waals surface area (Å²) in [5.74, 6) is 0. The van der Waals surface area contributed by atoms with Crippen LogP contribution in [0.15, 0.2) is 41.2 Å². The van der Waals surface area contributed by atoms with Crippen LogP contribution >= 0.6 is 11.3 Å². The SMILES string of the molecule is CCC.c1ccc(-c2ccsc2)nc1. The van der Waals surface area contributed by atoms with Crippen molar-refractivity contribution in [2.45, 2.75) is 20.3 Å². The van der Waals surface area contributed by atoms with E-state index >= 15 is 0 Å². The molecule has 0 fully saturated rings. The van der Waals surface area contributed by atoms with Crippen molar-refractivity contribution in [2.24, 2.45) is 0 Å². The molecular weight excluding hydrogens is 190 g/mol. The van der Waals surface area contributed by atoms with Crippen LogP contribution in [0.2, 0.25) is 0 Å². The zero-order chi connectivity index (χ0) is 10.2. The Hall–Kier alpha value is -1.15. The Kier molecular flexibility index (Phi) is 4.94. The number of pyridine rings is 1. The van der Waals surface area contributed by atoms with Crippen LogP contribution in [0.1, 0.15) is 20.3 Å². The maximum absolute atomic E-state index is 4.23. The Bertz CT molecular complexity index is 326. The third-order valence-electron chi connectivity index (χ3n) is 1.48. The first-order chi connectivity index (χ1) is 6.88. The zero-order valence-corrected chi connectivity index (χ0v) is 9.42. The Labute approximate surface area is 89.4 Å². The van der Waals surface area contributed by atoms with Crippen molar-refractivity contribution < 1.29 is 0 Å². The lowest BCUT2D eigenvalue weighted by atomic mass is 10.2. The first kappa shape index (κ1) is 10.9. The average Bonchev–Trinajstić information content (AvgIpc) is 2.73. The number of aromatic nitrogens is 1. The topological polar surface area (TPSA) is 12.9 Å². The minimum Gasteiger partial charge on any atom is -0.256 e. The van der Waals surface area contributed by atoms with Crippen molar-refractivity contribution in [3.8, 4) is 11.3 Å². The number of hydrogen-bond donors (Lipinski definition) is 0. The summed E-state index contributed by atoms with van der Waals surface area (Å²) >= 11 is 1.69. The fourth-order valence-corrected chi connectivity index (χ4v) is 1.59. The van der Waals surface area contributed by atoms with Gasteiger partial charge in [-0.15, -0.1) is 0 Å². The van der Waals surface area contributed by atoms with E-state index in [1.807, 2.05) is 24.4 Å². The molecule has 0 atom stereocenters. The lowest BCUT2D eigenvalue weighted by Crippen LogP contribution is -1.76. The Balaban J connectivity index is 0.000000293. The van der Waals surface area contributed by atoms with Gasteiger partial charge in [0, 0.05) is 17.1 Å². The molecule has 2 rings (SSSR count). The van der Waals surface area contributed by atoms with E-state index < -0.39 is 0 Å². The molecule has 2 heterocycles. The van der Waals surface area contributed by atoms with Crippen LogP contribution in [0.3, 0.4) is 0 Å². The highest BCUT2D eigenvalue weighted by atomic mass is 32.1. The summed E-state index contributed by atoms with van der Waals surface area (Å²) < 4.78 is 0. The fourth-order valence-electron chi connectivity index (χ4n) is 0.944. The van der Waals surface area contributed by atoms with Gasteiger partial charge in [-0.2, -0.15) is 11.3 Å². The predicted octanol–water partition coefficient (Wildman–Crippen LogP) is 4.23. The first-order valence-electron chi connectivity index (χ1n) is 4.82. The molecule has 0 aliphatic carbocycles. The predicted molar refractivity (Wildman–Crippen MR) is 63.5 cm³/mol. The van der Waals surface area contributed by atoms with Gasteiger partial charge in [0.1, 0.15) is 0 Å². The van der Waals surface area contributed by atoms with Crippen LogP contribution in [-0.2, 0) is 0 Å². The molecule has 2 aromatic heterocycles. The Morgan fingerprint density at radius 2 is 2.00 bits per heavy atom. The maximum Gasteiger partial charge on any atom is 0.0710 e. The summed E-state index contributed by atoms with van der Waals surface area (Å²) in [7, 11) is 0. The summed E-state index contributed by atoms with van der Waals surface area (Å²) in [5, 5.41) is 4.16. The monoisotopic (exact) mass is 205 g/mol. The largest absolute Gasteiger partial charge is 0.256 e. The molecule has 74 valence electrons. The molecule has 0 spiro atoms. The van der Waals surface area contributed by atoms with Crippen LogP contribution in [-0.4, -0.2) is 4.98 Å². The van der Waals surface area contributed by atoms with Crippen molar-refractivity contribution in [1.82, 2.24) is 4.98 Å². The molecule has 14 heavy (non-hydrogen) atoms. The summed E-state index contributed by atoms with van der Waals surface area (Å²) in [5.41, 5.74) is 2.25. The van der Waals surface area contributed by atoms with Gasteiger partial charge in [0.2, 0.25) is 0 Å². The lowest BCUT2D eigenvalue weighted by molar-refractivity contribution is 1.09. The third kappa shape index (κ3) is 3.30. The standard InChI is InChI=1S/C9H7NS.C3H8/c1-2-5-10-9(3-1)8-4-6-11-7-8;1-3-2/h1-7H;3H2,1-2H3. The average molecular weight is 205 g/mol. The van der Waals surface area contributed by atoms with Crippen molar-refractivity contribution in [3.63, 3.8) is 0 Å². The number of nitrogens with zero attached hydrogens (tertiary/aromatic N) is 1. The van der Waals surface area contributed by atoms with Crippen LogP contribution < -0.4 is 0 Å². The number of rotatable bonds is 1. The molecule has 0 saturated carbocycles. The van der Waals surface area contributed by atoms with Crippen molar-refractivity contribution in [3.05, 3.63) is 41.2 Å². The molecule has 0 N–H and O–H groups in total. The van der Waals surface area contributed by atoms with Crippen LogP contribution in [0.4, 0.5) is 0 Å². The van der Waals surface area contributed by atoms with Gasteiger partial charge >= 0.3 is 0 Å². The van der Waals surface area contributed by atoms with Crippen LogP contribution in [0.5, 0.6) is 0 Å². The number of thiophene rings is 1. The smallest absolute Gasteiger partial charge is 0.0710 e. The number of hydrogen-bond acceptors (Lipinski definition) is 2. The third-order valence-corrected chi connectivity index (χ3v) is 2.17. The van der Waals surface area contributed by atoms with E-state index in [9.17, 15) is 0 Å². The van der Waals surface area contributed by atoms with Gasteiger partial charge in [0.15, 0.2) is 0 Å². The molecule has 0 saturated heterocycles. The van der Waals surface area contributed by atoms with Crippen molar-refractivity contribution >= 4 is 11.3 Å². The van der Waals surface area contributed by atoms with Gasteiger partial charge in [-0.25, -0.2) is 0 Å². The van der Waals surface area contributed by atoms with E-state index in [-0.39, 0.29) is 0 Å². The van der Waals surface area contributed by atoms with E-state index in [2.05, 4.69) is 35.7 Å². The summed E-state index contributed by atoms with van der Waals surface area (Å²) in [4.78, 5) is 4.23. The quantitative estimate of drug-likeness (QED) is 0.679. The Morgan fingerprint density at radius 3 is 2.50 bits per heavy atom. The van der Waals surface area contributed by atoms with E-state index in [1.165, 1.54) is 12.0 Å². The molecule has 2 heteroatoms. The second kappa shape index (κ2) is 6.33. The molecule has 0 amide bonds. The highest BCUT2D eigenvalue weighted by Crippen LogP contribution is 2.18. The molecule has 0 bridgehead atoms. The minimum absolute atomic E-state index is 1.05. The summed E-state index contributed by atoms with van der Waals surface area (Å²) in [6, 6.07) is 8.02. The molecular formula is C12H15NS. The second-order valence-electron chi connectivity index (χ2n) is 2.93. The van der Waals surface area contributed by atoms with Gasteiger partial charge in [0.05, 0.1) is 5.69 Å². The van der Waals surface area contributed by atoms with Gasteiger partial charge in [-0.05, 0) is 23.6 Å². The van der Waals surface area contributed by atoms with Crippen LogP contribution in [0, 0.1) is 0 Å². The molecule has 0 aromatic carbocycles. The van der Waals surface area contributed by atoms with Crippen LogP contribution in [0.25, 0.3) is 11.3 Å². The summed E-state index contributed by atoms with van der Waals surface area (Å²) in [6.07, 6.45) is 3.06. The van der Waals surface area contributed by atoms with E-state index in [4.69, 9.17) is 0 Å². The fraction of sp³-hybridized carbons (Fsp3) is 0.250. The summed E-state index contributed by atoms with van der Waals surface area (Å²) in [6.45, 7) is 4.25. The normalized spacial score (nSPS) is 9.00. The first-order valence-corrected chi connectivity index (χ1v) is 5.76. The van der Waals surface area contributed by atoms with E-state index in [0.717, 1.165) is 5.69 Å². The van der Waals surface area contributed by atoms with Crippen molar-refractivity contribution in [2.75, 3.05) is 0 Å². The maximum atomic E-state index is 4.23. The van der Waals surface area contributed by atoms with Gasteiger partial charge in [0.25, 0.3) is 0 Å². The molecule has 1 nitrogen and oxygen atoms in total. The minimum atomic E-state index is 1.05. The van der Waals surface area contributed by atoms with Crippen molar-refractivity contribution in [1.29, 1.82) is 0 Å². The molecule has 0 radical (unpaired) electrons. The molecule has 0 unspecified atom stereocenters. The van der Waals surface area contributed by atoms with Gasteiger partial charge in [-0.1, -0.05) is 26.3 Å². The highest BCUT2D eigenvalue weighted by molar-refractivity contribution is 7.08. The zero-order valence-electron chi connectivity index (χ0n) is 8.60. The second-order valence-corrected chi connectivity index (χ2v) is 3.71. The molecule has 0 aliphatic rings. The molecule has 2 aromatic rings.